The summed E-state index contributed by atoms with van der Waals surface area (Å²) in [5, 5.41) is 10.9. The van der Waals surface area contributed by atoms with Crippen molar-refractivity contribution < 1.29 is 14.6 Å². The fraction of sp³-hybridized carbons (Fsp3) is 0.375. The van der Waals surface area contributed by atoms with Crippen LogP contribution in [-0.2, 0) is 15.7 Å². The van der Waals surface area contributed by atoms with Crippen LogP contribution in [0.4, 0.5) is 0 Å². The van der Waals surface area contributed by atoms with Crippen LogP contribution in [0, 0.1) is 27.7 Å². The third-order valence-electron chi connectivity index (χ3n) is 6.33. The standard InChI is InChI=1S/C24H27NO3/c1-12-7-14(3)19(26)17(9-12)24(25)21(27)16(5)11-23(6)18-10-13(2)8-15(4)20(18)28-22(23)24/h7-11,22,26H,25H2,1-6H3/t22-,23+,24+/m1/s1. The highest BCUT2D eigenvalue weighted by Gasteiger charge is 2.61. The Bertz CT molecular complexity index is 1070. The van der Waals surface area contributed by atoms with E-state index in [9.17, 15) is 9.90 Å². The van der Waals surface area contributed by atoms with E-state index in [1.165, 1.54) is 0 Å². The summed E-state index contributed by atoms with van der Waals surface area (Å²) < 4.78 is 6.42. The maximum atomic E-state index is 13.4. The molecule has 0 unspecified atom stereocenters. The van der Waals surface area contributed by atoms with Crippen molar-refractivity contribution in [1.29, 1.82) is 0 Å². The minimum absolute atomic E-state index is 0.0611. The van der Waals surface area contributed by atoms with Crippen LogP contribution >= 0.6 is 0 Å². The SMILES string of the molecule is CC1=C[C@@]2(C)c3cc(C)cc(C)c3O[C@H]2[C@](N)(c2cc(C)cc(C)c2O)C1=O. The van der Waals surface area contributed by atoms with E-state index in [1.807, 2.05) is 39.0 Å². The van der Waals surface area contributed by atoms with E-state index in [0.29, 0.717) is 16.7 Å². The Kier molecular flexibility index (Phi) is 3.82. The first-order valence-electron chi connectivity index (χ1n) is 9.62. The average molecular weight is 377 g/mol. The second-order valence-corrected chi connectivity index (χ2v) is 8.74. The molecular formula is C24H27NO3. The highest BCUT2D eigenvalue weighted by atomic mass is 16.5. The average Bonchev–Trinajstić information content (AvgIpc) is 2.90. The van der Waals surface area contributed by atoms with Crippen molar-refractivity contribution in [2.45, 2.75) is 58.6 Å². The zero-order valence-electron chi connectivity index (χ0n) is 17.3. The predicted molar refractivity (Wildman–Crippen MR) is 110 cm³/mol. The summed E-state index contributed by atoms with van der Waals surface area (Å²) in [6.45, 7) is 11.7. The first-order chi connectivity index (χ1) is 13.0. The largest absolute Gasteiger partial charge is 0.507 e. The van der Waals surface area contributed by atoms with Crippen LogP contribution in [0.15, 0.2) is 35.9 Å². The van der Waals surface area contributed by atoms with E-state index in [0.717, 1.165) is 28.0 Å². The smallest absolute Gasteiger partial charge is 0.186 e. The molecule has 3 atom stereocenters. The fourth-order valence-electron chi connectivity index (χ4n) is 5.11. The molecule has 2 aromatic rings. The first kappa shape index (κ1) is 18.8. The number of hydrogen-bond acceptors (Lipinski definition) is 4. The number of phenols is 1. The predicted octanol–water partition coefficient (Wildman–Crippen LogP) is 4.03. The van der Waals surface area contributed by atoms with Gasteiger partial charge in [-0.1, -0.05) is 35.4 Å². The van der Waals surface area contributed by atoms with Gasteiger partial charge in [0, 0.05) is 11.1 Å². The van der Waals surface area contributed by atoms with Crippen LogP contribution in [0.25, 0.3) is 0 Å². The topological polar surface area (TPSA) is 72.6 Å². The number of ether oxygens (including phenoxy) is 1. The molecule has 1 heterocycles. The number of hydrogen-bond donors (Lipinski definition) is 2. The van der Waals surface area contributed by atoms with Gasteiger partial charge in [0.1, 0.15) is 23.1 Å². The number of carbonyl (C=O) groups excluding carboxylic acids is 1. The summed E-state index contributed by atoms with van der Waals surface area (Å²) in [6.07, 6.45) is 1.34. The molecule has 0 fully saturated rings. The minimum atomic E-state index is -1.48. The molecule has 3 N–H and O–H groups in total. The van der Waals surface area contributed by atoms with Gasteiger partial charge in [-0.15, -0.1) is 0 Å². The quantitative estimate of drug-likeness (QED) is 0.787. The molecule has 0 bridgehead atoms. The van der Waals surface area contributed by atoms with Crippen molar-refractivity contribution in [1.82, 2.24) is 0 Å². The molecule has 0 spiro atoms. The van der Waals surface area contributed by atoms with Crippen molar-refractivity contribution in [3.05, 3.63) is 69.3 Å². The molecule has 4 heteroatoms. The van der Waals surface area contributed by atoms with E-state index >= 15 is 0 Å². The zero-order chi connectivity index (χ0) is 20.6. The van der Waals surface area contributed by atoms with E-state index in [-0.39, 0.29) is 11.5 Å². The van der Waals surface area contributed by atoms with Crippen LogP contribution < -0.4 is 10.5 Å². The summed E-state index contributed by atoms with van der Waals surface area (Å²) in [5.74, 6) is 0.638. The van der Waals surface area contributed by atoms with Crippen LogP contribution in [0.3, 0.4) is 0 Å². The van der Waals surface area contributed by atoms with Crippen LogP contribution in [0.5, 0.6) is 11.5 Å². The number of benzene rings is 2. The molecule has 0 saturated heterocycles. The Labute approximate surface area is 166 Å². The normalized spacial score (nSPS) is 28.5. The van der Waals surface area contributed by atoms with Gasteiger partial charge in [0.05, 0.1) is 5.41 Å². The molecule has 0 amide bonds. The van der Waals surface area contributed by atoms with Crippen molar-refractivity contribution in [3.63, 3.8) is 0 Å². The van der Waals surface area contributed by atoms with Gasteiger partial charge in [-0.25, -0.2) is 0 Å². The van der Waals surface area contributed by atoms with Gasteiger partial charge in [-0.05, 0) is 64.3 Å². The number of aryl methyl sites for hydroxylation is 4. The lowest BCUT2D eigenvalue weighted by molar-refractivity contribution is -0.126. The van der Waals surface area contributed by atoms with E-state index in [1.54, 1.807) is 6.92 Å². The Hall–Kier alpha value is -2.59. The van der Waals surface area contributed by atoms with Crippen LogP contribution in [-0.4, -0.2) is 17.0 Å². The molecule has 28 heavy (non-hydrogen) atoms. The van der Waals surface area contributed by atoms with Gasteiger partial charge in [0.2, 0.25) is 0 Å². The number of nitrogens with two attached hydrogens (primary N) is 1. The van der Waals surface area contributed by atoms with Gasteiger partial charge in [-0.2, -0.15) is 0 Å². The Morgan fingerprint density at radius 1 is 0.964 bits per heavy atom. The molecule has 146 valence electrons. The summed E-state index contributed by atoms with van der Waals surface area (Å²) >= 11 is 0. The maximum absolute atomic E-state index is 13.4. The number of phenolic OH excluding ortho intramolecular Hbond substituents is 1. The molecule has 0 saturated carbocycles. The summed E-state index contributed by atoms with van der Waals surface area (Å²) in [7, 11) is 0. The lowest BCUT2D eigenvalue weighted by atomic mass is 9.61. The van der Waals surface area contributed by atoms with Gasteiger partial charge in [-0.3, -0.25) is 4.79 Å². The second kappa shape index (κ2) is 5.71. The molecule has 2 aromatic carbocycles. The lowest BCUT2D eigenvalue weighted by Gasteiger charge is -2.44. The molecular weight excluding hydrogens is 350 g/mol. The van der Waals surface area contributed by atoms with Gasteiger partial charge < -0.3 is 15.6 Å². The molecule has 0 aromatic heterocycles. The third-order valence-corrected chi connectivity index (χ3v) is 6.33. The molecule has 4 rings (SSSR count). The molecule has 1 aliphatic carbocycles. The maximum Gasteiger partial charge on any atom is 0.186 e. The van der Waals surface area contributed by atoms with E-state index in [4.69, 9.17) is 10.5 Å². The summed E-state index contributed by atoms with van der Waals surface area (Å²) in [6, 6.07) is 7.88. The van der Waals surface area contributed by atoms with Gasteiger partial charge >= 0.3 is 0 Å². The lowest BCUT2D eigenvalue weighted by Crippen LogP contribution is -2.63. The van der Waals surface area contributed by atoms with Crippen LogP contribution in [0.2, 0.25) is 0 Å². The number of rotatable bonds is 1. The number of aromatic hydroxyl groups is 1. The first-order valence-corrected chi connectivity index (χ1v) is 9.62. The van der Waals surface area contributed by atoms with E-state index < -0.39 is 17.1 Å². The fourth-order valence-corrected chi connectivity index (χ4v) is 5.11. The van der Waals surface area contributed by atoms with Crippen molar-refractivity contribution in [3.8, 4) is 11.5 Å². The monoisotopic (exact) mass is 377 g/mol. The highest BCUT2D eigenvalue weighted by Crippen LogP contribution is 2.55. The van der Waals surface area contributed by atoms with Crippen LogP contribution in [0.1, 0.15) is 47.2 Å². The number of Topliss-reactive ketones (excluding diaryl/α,β-unsaturated/α-hetero) is 1. The minimum Gasteiger partial charge on any atom is -0.507 e. The number of carbonyl (C=O) groups is 1. The van der Waals surface area contributed by atoms with Gasteiger partial charge in [0.25, 0.3) is 0 Å². The molecule has 1 aliphatic heterocycles. The summed E-state index contributed by atoms with van der Waals surface area (Å²) in [4.78, 5) is 13.4. The second-order valence-electron chi connectivity index (χ2n) is 8.74. The zero-order valence-corrected chi connectivity index (χ0v) is 17.3. The van der Waals surface area contributed by atoms with Crippen molar-refractivity contribution in [2.75, 3.05) is 0 Å². The highest BCUT2D eigenvalue weighted by molar-refractivity contribution is 6.05. The van der Waals surface area contributed by atoms with Gasteiger partial charge in [0.15, 0.2) is 5.78 Å². The molecule has 2 aliphatic rings. The molecule has 4 nitrogen and oxygen atoms in total. The van der Waals surface area contributed by atoms with Crippen molar-refractivity contribution >= 4 is 5.78 Å². The number of ketones is 1. The van der Waals surface area contributed by atoms with E-state index in [2.05, 4.69) is 26.0 Å². The Morgan fingerprint density at radius 3 is 2.18 bits per heavy atom. The Balaban J connectivity index is 2.03. The summed E-state index contributed by atoms with van der Waals surface area (Å²) in [5.41, 5.74) is 10.7. The Morgan fingerprint density at radius 2 is 1.54 bits per heavy atom. The molecule has 0 radical (unpaired) electrons. The number of fused-ring (bicyclic) bond motifs is 3. The van der Waals surface area contributed by atoms with Crippen molar-refractivity contribution in [2.24, 2.45) is 5.73 Å². The third kappa shape index (κ3) is 2.24.